The molecule has 0 heterocycles. The maximum atomic E-state index is 12.0. The number of methoxy groups -OCH3 is 1. The summed E-state index contributed by atoms with van der Waals surface area (Å²) < 4.78 is 5.09. The average molecular weight is 337 g/mol. The minimum Gasteiger partial charge on any atom is -0.497 e. The number of quaternary nitrogens is 1. The maximum Gasteiger partial charge on any atom is 0.321 e. The number of rotatable bonds is 7. The first-order chi connectivity index (χ1) is 11.3. The Bertz CT molecular complexity index is 589. The van der Waals surface area contributed by atoms with Crippen LogP contribution in [0.25, 0.3) is 0 Å². The van der Waals surface area contributed by atoms with Crippen LogP contribution in [0.4, 0.5) is 10.5 Å². The number of likely N-dealkylation sites (N-methyl/N-ethyl adjacent to an activating group) is 1. The van der Waals surface area contributed by atoms with E-state index in [0.717, 1.165) is 0 Å². The second-order valence-corrected chi connectivity index (χ2v) is 5.77. The van der Waals surface area contributed by atoms with Crippen molar-refractivity contribution >= 4 is 23.5 Å². The zero-order chi connectivity index (χ0) is 18.1. The Morgan fingerprint density at radius 1 is 1.17 bits per heavy atom. The fraction of sp³-hybridized carbons (Fsp3) is 0.438. The first kappa shape index (κ1) is 19.4. The van der Waals surface area contributed by atoms with E-state index in [1.807, 2.05) is 0 Å². The van der Waals surface area contributed by atoms with E-state index in [4.69, 9.17) is 4.74 Å². The van der Waals surface area contributed by atoms with Gasteiger partial charge in [0.15, 0.2) is 13.1 Å². The van der Waals surface area contributed by atoms with Crippen molar-refractivity contribution in [2.24, 2.45) is 0 Å². The Morgan fingerprint density at radius 3 is 2.46 bits per heavy atom. The topological polar surface area (TPSA) is 101 Å². The number of ether oxygens (including phenoxy) is 1. The predicted molar refractivity (Wildman–Crippen MR) is 90.1 cm³/mol. The van der Waals surface area contributed by atoms with Gasteiger partial charge in [-0.2, -0.15) is 0 Å². The Balaban J connectivity index is 2.40. The van der Waals surface area contributed by atoms with Gasteiger partial charge in [-0.05, 0) is 26.0 Å². The van der Waals surface area contributed by atoms with E-state index < -0.39 is 11.9 Å². The molecule has 1 rings (SSSR count). The highest BCUT2D eigenvalue weighted by atomic mass is 16.5. The largest absolute Gasteiger partial charge is 0.497 e. The Morgan fingerprint density at radius 2 is 1.83 bits per heavy atom. The fourth-order valence-corrected chi connectivity index (χ4v) is 1.99. The third-order valence-corrected chi connectivity index (χ3v) is 2.95. The van der Waals surface area contributed by atoms with E-state index in [1.54, 1.807) is 52.3 Å². The smallest absolute Gasteiger partial charge is 0.321 e. The summed E-state index contributed by atoms with van der Waals surface area (Å²) in [6, 6.07) is 6.40. The van der Waals surface area contributed by atoms with Gasteiger partial charge in [0.05, 0.1) is 14.2 Å². The second kappa shape index (κ2) is 9.51. The van der Waals surface area contributed by atoms with E-state index in [9.17, 15) is 14.4 Å². The molecule has 0 saturated heterocycles. The van der Waals surface area contributed by atoms with Gasteiger partial charge in [-0.25, -0.2) is 4.79 Å². The zero-order valence-corrected chi connectivity index (χ0v) is 14.4. The van der Waals surface area contributed by atoms with Gasteiger partial charge in [-0.1, -0.05) is 6.07 Å². The van der Waals surface area contributed by atoms with Gasteiger partial charge in [-0.3, -0.25) is 14.9 Å². The molecular weight excluding hydrogens is 312 g/mol. The molecule has 0 saturated carbocycles. The van der Waals surface area contributed by atoms with Crippen molar-refractivity contribution < 1.29 is 24.0 Å². The maximum absolute atomic E-state index is 12.0. The van der Waals surface area contributed by atoms with Crippen molar-refractivity contribution in [1.29, 1.82) is 0 Å². The van der Waals surface area contributed by atoms with E-state index in [2.05, 4.69) is 16.0 Å². The number of carbonyl (C=O) groups excluding carboxylic acids is 3. The van der Waals surface area contributed by atoms with Gasteiger partial charge in [0.25, 0.3) is 11.8 Å². The molecule has 24 heavy (non-hydrogen) atoms. The van der Waals surface area contributed by atoms with Crippen LogP contribution in [0.5, 0.6) is 5.75 Å². The highest BCUT2D eigenvalue weighted by molar-refractivity contribution is 5.95. The quantitative estimate of drug-likeness (QED) is 0.533. The number of nitrogens with one attached hydrogen (secondary N) is 4. The van der Waals surface area contributed by atoms with Gasteiger partial charge in [0, 0.05) is 17.8 Å². The van der Waals surface area contributed by atoms with Crippen LogP contribution in [0.3, 0.4) is 0 Å². The number of urea groups is 1. The van der Waals surface area contributed by atoms with Crippen LogP contribution in [0.1, 0.15) is 13.8 Å². The molecule has 1 aromatic rings. The molecule has 0 aliphatic heterocycles. The third-order valence-electron chi connectivity index (χ3n) is 2.95. The first-order valence-corrected chi connectivity index (χ1v) is 7.65. The molecule has 0 fully saturated rings. The van der Waals surface area contributed by atoms with Crippen LogP contribution < -0.4 is 25.6 Å². The summed E-state index contributed by atoms with van der Waals surface area (Å²) in [5.41, 5.74) is 0.618. The lowest BCUT2D eigenvalue weighted by atomic mass is 10.3. The van der Waals surface area contributed by atoms with Crippen molar-refractivity contribution in [2.75, 3.05) is 32.6 Å². The normalized spacial score (nSPS) is 11.5. The van der Waals surface area contributed by atoms with Gasteiger partial charge in [0.2, 0.25) is 0 Å². The van der Waals surface area contributed by atoms with Crippen LogP contribution in [0.2, 0.25) is 0 Å². The molecule has 132 valence electrons. The zero-order valence-electron chi connectivity index (χ0n) is 14.4. The summed E-state index contributed by atoms with van der Waals surface area (Å²) in [5.74, 6) is -0.0379. The number of benzene rings is 1. The van der Waals surface area contributed by atoms with E-state index in [1.165, 1.54) is 0 Å². The molecule has 1 unspecified atom stereocenters. The minimum atomic E-state index is -0.538. The van der Waals surface area contributed by atoms with Crippen molar-refractivity contribution in [3.8, 4) is 5.75 Å². The van der Waals surface area contributed by atoms with Gasteiger partial charge < -0.3 is 20.3 Å². The number of amides is 4. The number of imide groups is 1. The Labute approximate surface area is 141 Å². The van der Waals surface area contributed by atoms with Crippen molar-refractivity contribution in [1.82, 2.24) is 10.6 Å². The molecule has 0 radical (unpaired) electrons. The Kier molecular flexibility index (Phi) is 7.70. The SMILES string of the molecule is COc1cccc(NC(=O)C[NH+](C)CC(=O)NC(=O)NC(C)C)c1. The lowest BCUT2D eigenvalue weighted by molar-refractivity contribution is -0.862. The standard InChI is InChI=1S/C16H24N4O4/c1-11(2)17-16(23)19-15(22)10-20(3)9-14(21)18-12-6-5-7-13(8-12)24-4/h5-8,11H,9-10H2,1-4H3,(H,18,21)(H2,17,19,22,23)/p+1. The van der Waals surface area contributed by atoms with Crippen LogP contribution in [-0.2, 0) is 9.59 Å². The molecule has 0 spiro atoms. The van der Waals surface area contributed by atoms with Crippen LogP contribution >= 0.6 is 0 Å². The summed E-state index contributed by atoms with van der Waals surface area (Å²) in [7, 11) is 3.25. The predicted octanol–water partition coefficient (Wildman–Crippen LogP) is -0.617. The number of hydrogen-bond donors (Lipinski definition) is 4. The molecule has 0 aromatic heterocycles. The summed E-state index contributed by atoms with van der Waals surface area (Å²) in [6.45, 7) is 3.70. The summed E-state index contributed by atoms with van der Waals surface area (Å²) in [6.07, 6.45) is 0. The number of anilines is 1. The highest BCUT2D eigenvalue weighted by Gasteiger charge is 2.16. The average Bonchev–Trinajstić information content (AvgIpc) is 2.45. The molecule has 0 aliphatic carbocycles. The van der Waals surface area contributed by atoms with Gasteiger partial charge in [-0.15, -0.1) is 0 Å². The second-order valence-electron chi connectivity index (χ2n) is 5.77. The number of carbonyl (C=O) groups is 3. The monoisotopic (exact) mass is 337 g/mol. The number of hydrogen-bond acceptors (Lipinski definition) is 4. The van der Waals surface area contributed by atoms with Gasteiger partial charge >= 0.3 is 6.03 Å². The van der Waals surface area contributed by atoms with Gasteiger partial charge in [0.1, 0.15) is 5.75 Å². The molecule has 0 aliphatic rings. The Hall–Kier alpha value is -2.61. The molecule has 4 N–H and O–H groups in total. The minimum absolute atomic E-state index is 0.0110. The highest BCUT2D eigenvalue weighted by Crippen LogP contribution is 2.16. The lowest BCUT2D eigenvalue weighted by Gasteiger charge is -2.14. The molecule has 8 heteroatoms. The molecule has 0 bridgehead atoms. The van der Waals surface area contributed by atoms with E-state index in [0.29, 0.717) is 16.3 Å². The summed E-state index contributed by atoms with van der Waals surface area (Å²) in [4.78, 5) is 35.8. The fourth-order valence-electron chi connectivity index (χ4n) is 1.99. The first-order valence-electron chi connectivity index (χ1n) is 7.65. The third kappa shape index (κ3) is 7.59. The molecule has 1 aromatic carbocycles. The van der Waals surface area contributed by atoms with Crippen LogP contribution in [0, 0.1) is 0 Å². The molecular formula is C16H25N4O4+. The summed E-state index contributed by atoms with van der Waals surface area (Å²) in [5, 5.41) is 7.52. The molecule has 1 atom stereocenters. The molecule has 4 amide bonds. The van der Waals surface area contributed by atoms with E-state index in [-0.39, 0.29) is 25.0 Å². The van der Waals surface area contributed by atoms with Crippen molar-refractivity contribution in [2.45, 2.75) is 19.9 Å². The lowest BCUT2D eigenvalue weighted by Crippen LogP contribution is -3.11. The van der Waals surface area contributed by atoms with Crippen LogP contribution in [-0.4, -0.2) is 51.1 Å². The molecule has 8 nitrogen and oxygen atoms in total. The van der Waals surface area contributed by atoms with E-state index >= 15 is 0 Å². The van der Waals surface area contributed by atoms with Crippen molar-refractivity contribution in [3.05, 3.63) is 24.3 Å². The van der Waals surface area contributed by atoms with Crippen molar-refractivity contribution in [3.63, 3.8) is 0 Å². The summed E-state index contributed by atoms with van der Waals surface area (Å²) >= 11 is 0. The van der Waals surface area contributed by atoms with Crippen LogP contribution in [0.15, 0.2) is 24.3 Å².